The highest BCUT2D eigenvalue weighted by molar-refractivity contribution is 7.89. The van der Waals surface area contributed by atoms with Crippen molar-refractivity contribution >= 4 is 50.7 Å². The fraction of sp³-hybridized carbons (Fsp3) is 0.364. The maximum absolute atomic E-state index is 13.7. The van der Waals surface area contributed by atoms with Crippen LogP contribution < -0.4 is 4.90 Å². The van der Waals surface area contributed by atoms with E-state index in [0.717, 1.165) is 24.2 Å². The van der Waals surface area contributed by atoms with Gasteiger partial charge in [-0.3, -0.25) is 9.59 Å². The topological polar surface area (TPSA) is 74.8 Å². The Labute approximate surface area is 191 Å². The third-order valence-corrected chi connectivity index (χ3v) is 8.32. The smallest absolute Gasteiger partial charge is 0.252 e. The molecular weight excluding hydrogens is 459 g/mol. The average molecular weight is 481 g/mol. The van der Waals surface area contributed by atoms with Gasteiger partial charge in [-0.2, -0.15) is 4.31 Å². The lowest BCUT2D eigenvalue weighted by Crippen LogP contribution is -2.51. The highest BCUT2D eigenvalue weighted by Crippen LogP contribution is 2.35. The number of imide groups is 1. The van der Waals surface area contributed by atoms with Crippen molar-refractivity contribution in [3.63, 3.8) is 0 Å². The third-order valence-electron chi connectivity index (χ3n) is 5.84. The van der Waals surface area contributed by atoms with Crippen molar-refractivity contribution in [2.24, 2.45) is 0 Å². The quantitative estimate of drug-likeness (QED) is 0.583. The molecule has 1 heterocycles. The largest absolute Gasteiger partial charge is 0.274 e. The number of rotatable bonds is 5. The Balaban J connectivity index is 1.73. The van der Waals surface area contributed by atoms with Gasteiger partial charge in [0.15, 0.2) is 0 Å². The molecule has 2 amide bonds. The number of nitrogens with zero attached hydrogens (tertiary/aromatic N) is 2. The molecule has 31 heavy (non-hydrogen) atoms. The molecule has 1 saturated carbocycles. The van der Waals surface area contributed by atoms with E-state index in [9.17, 15) is 18.0 Å². The van der Waals surface area contributed by atoms with Crippen LogP contribution in [0.3, 0.4) is 0 Å². The van der Waals surface area contributed by atoms with Gasteiger partial charge in [-0.05, 0) is 61.4 Å². The van der Waals surface area contributed by atoms with Gasteiger partial charge in [0.1, 0.15) is 6.04 Å². The molecule has 1 atom stereocenters. The molecule has 4 rings (SSSR count). The Morgan fingerprint density at radius 3 is 1.97 bits per heavy atom. The van der Waals surface area contributed by atoms with Crippen molar-refractivity contribution < 1.29 is 18.0 Å². The van der Waals surface area contributed by atoms with Crippen LogP contribution in [-0.4, -0.2) is 36.6 Å². The summed E-state index contributed by atoms with van der Waals surface area (Å²) in [7, 11) is -4.02. The van der Waals surface area contributed by atoms with E-state index in [4.69, 9.17) is 23.2 Å². The molecule has 9 heteroatoms. The van der Waals surface area contributed by atoms with Crippen LogP contribution in [0.2, 0.25) is 10.0 Å². The van der Waals surface area contributed by atoms with Crippen molar-refractivity contribution in [3.05, 3.63) is 58.6 Å². The number of anilines is 1. The van der Waals surface area contributed by atoms with Gasteiger partial charge in [-0.1, -0.05) is 42.5 Å². The summed E-state index contributed by atoms with van der Waals surface area (Å²) in [5.41, 5.74) is 0.384. The van der Waals surface area contributed by atoms with Crippen molar-refractivity contribution in [1.82, 2.24) is 4.31 Å². The fourth-order valence-electron chi connectivity index (χ4n) is 4.36. The molecule has 2 aromatic rings. The first-order chi connectivity index (χ1) is 14.8. The summed E-state index contributed by atoms with van der Waals surface area (Å²) in [6.45, 7) is 0. The minimum Gasteiger partial charge on any atom is -0.274 e. The van der Waals surface area contributed by atoms with E-state index in [1.54, 1.807) is 24.3 Å². The first kappa shape index (κ1) is 22.3. The van der Waals surface area contributed by atoms with Gasteiger partial charge in [-0.15, -0.1) is 0 Å². The predicted molar refractivity (Wildman–Crippen MR) is 120 cm³/mol. The number of halogens is 2. The second kappa shape index (κ2) is 8.90. The minimum absolute atomic E-state index is 0.0627. The number of hydrogen-bond acceptors (Lipinski definition) is 4. The Bertz CT molecular complexity index is 1080. The highest BCUT2D eigenvalue weighted by Gasteiger charge is 2.49. The Morgan fingerprint density at radius 2 is 1.39 bits per heavy atom. The number of carbonyl (C=O) groups excluding carboxylic acids is 2. The first-order valence-corrected chi connectivity index (χ1v) is 12.4. The molecule has 1 unspecified atom stereocenters. The van der Waals surface area contributed by atoms with Crippen LogP contribution >= 0.6 is 23.2 Å². The lowest BCUT2D eigenvalue weighted by molar-refractivity contribution is -0.122. The van der Waals surface area contributed by atoms with E-state index in [2.05, 4.69) is 0 Å². The van der Waals surface area contributed by atoms with Crippen LogP contribution in [0, 0.1) is 0 Å². The van der Waals surface area contributed by atoms with Crippen molar-refractivity contribution in [1.29, 1.82) is 0 Å². The van der Waals surface area contributed by atoms with Gasteiger partial charge in [0.25, 0.3) is 5.91 Å². The maximum atomic E-state index is 13.7. The van der Waals surface area contributed by atoms with Gasteiger partial charge >= 0.3 is 0 Å². The molecule has 2 aromatic carbocycles. The minimum atomic E-state index is -4.02. The first-order valence-electron chi connectivity index (χ1n) is 10.2. The number of amides is 2. The van der Waals surface area contributed by atoms with Gasteiger partial charge in [0, 0.05) is 16.1 Å². The number of carbonyl (C=O) groups is 2. The molecule has 0 aromatic heterocycles. The molecule has 0 spiro atoms. The highest BCUT2D eigenvalue weighted by atomic mass is 35.5. The van der Waals surface area contributed by atoms with Crippen molar-refractivity contribution in [2.75, 3.05) is 4.90 Å². The molecule has 1 aliphatic heterocycles. The Morgan fingerprint density at radius 1 is 0.839 bits per heavy atom. The van der Waals surface area contributed by atoms with Crippen LogP contribution in [0.1, 0.15) is 38.5 Å². The molecule has 0 radical (unpaired) electrons. The lowest BCUT2D eigenvalue weighted by atomic mass is 9.94. The van der Waals surface area contributed by atoms with Crippen LogP contribution in [0.5, 0.6) is 0 Å². The molecule has 2 aliphatic rings. The molecular formula is C22H22Cl2N2O4S. The number of hydrogen-bond donors (Lipinski definition) is 0. The predicted octanol–water partition coefficient (Wildman–Crippen LogP) is 4.65. The van der Waals surface area contributed by atoms with Crippen LogP contribution in [-0.2, 0) is 19.6 Å². The zero-order valence-corrected chi connectivity index (χ0v) is 19.0. The van der Waals surface area contributed by atoms with Gasteiger partial charge in [0.2, 0.25) is 15.9 Å². The summed E-state index contributed by atoms with van der Waals surface area (Å²) in [5, 5.41) is 0.901. The maximum Gasteiger partial charge on any atom is 0.252 e. The normalized spacial score (nSPS) is 20.6. The van der Waals surface area contributed by atoms with Crippen LogP contribution in [0.4, 0.5) is 5.69 Å². The van der Waals surface area contributed by atoms with Crippen molar-refractivity contribution in [3.8, 4) is 0 Å². The second-order valence-corrected chi connectivity index (χ2v) is 10.6. The average Bonchev–Trinajstić information content (AvgIpc) is 3.03. The summed E-state index contributed by atoms with van der Waals surface area (Å²) >= 11 is 11.9. The zero-order chi connectivity index (χ0) is 22.2. The standard InChI is InChI=1S/C22H22Cl2N2O4S/c23-15-6-10-17(11-7-15)25-21(27)14-20(22(25)28)26(18-4-2-1-3-5-18)31(29,30)19-12-8-16(24)9-13-19/h6-13,18,20H,1-5,14H2. The summed E-state index contributed by atoms with van der Waals surface area (Å²) in [6, 6.07) is 10.8. The second-order valence-electron chi connectivity index (χ2n) is 7.84. The van der Waals surface area contributed by atoms with Crippen LogP contribution in [0.25, 0.3) is 0 Å². The van der Waals surface area contributed by atoms with Gasteiger partial charge in [0.05, 0.1) is 17.0 Å². The molecule has 1 aliphatic carbocycles. The van der Waals surface area contributed by atoms with E-state index in [1.807, 2.05) is 0 Å². The summed E-state index contributed by atoms with van der Waals surface area (Å²) in [4.78, 5) is 27.3. The van der Waals surface area contributed by atoms with Gasteiger partial charge in [-0.25, -0.2) is 13.3 Å². The molecule has 0 bridgehead atoms. The SMILES string of the molecule is O=C1CC(N(C2CCCCC2)S(=O)(=O)c2ccc(Cl)cc2)C(=O)N1c1ccc(Cl)cc1. The molecule has 2 fully saturated rings. The lowest BCUT2D eigenvalue weighted by Gasteiger charge is -2.36. The summed E-state index contributed by atoms with van der Waals surface area (Å²) < 4.78 is 28.6. The van der Waals surface area contributed by atoms with E-state index in [1.165, 1.54) is 28.6 Å². The van der Waals surface area contributed by atoms with E-state index in [0.29, 0.717) is 28.6 Å². The zero-order valence-electron chi connectivity index (χ0n) is 16.7. The Kier molecular flexibility index (Phi) is 6.40. The van der Waals surface area contributed by atoms with E-state index >= 15 is 0 Å². The van der Waals surface area contributed by atoms with Crippen molar-refractivity contribution in [2.45, 2.75) is 55.5 Å². The molecule has 164 valence electrons. The molecule has 1 saturated heterocycles. The number of benzene rings is 2. The van der Waals surface area contributed by atoms with Crippen LogP contribution in [0.15, 0.2) is 53.4 Å². The van der Waals surface area contributed by atoms with E-state index in [-0.39, 0.29) is 17.4 Å². The Hall–Kier alpha value is -1.93. The fourth-order valence-corrected chi connectivity index (χ4v) is 6.44. The van der Waals surface area contributed by atoms with E-state index < -0.39 is 27.9 Å². The van der Waals surface area contributed by atoms with Gasteiger partial charge < -0.3 is 0 Å². The summed E-state index contributed by atoms with van der Waals surface area (Å²) in [5.74, 6) is -0.958. The molecule has 0 N–H and O–H groups in total. The summed E-state index contributed by atoms with van der Waals surface area (Å²) in [6.07, 6.45) is 3.92. The monoisotopic (exact) mass is 480 g/mol. The molecule has 6 nitrogen and oxygen atoms in total. The number of sulfonamides is 1. The third kappa shape index (κ3) is 4.37.